The third-order valence-electron chi connectivity index (χ3n) is 6.47. The number of benzene rings is 2. The first kappa shape index (κ1) is 24.1. The number of methoxy groups -OCH3 is 1. The van der Waals surface area contributed by atoms with Crippen molar-refractivity contribution in [3.63, 3.8) is 0 Å². The zero-order valence-corrected chi connectivity index (χ0v) is 20.9. The topological polar surface area (TPSA) is 72.0 Å². The third-order valence-corrected chi connectivity index (χ3v) is 6.47. The molecule has 1 N–H and O–H groups in total. The summed E-state index contributed by atoms with van der Waals surface area (Å²) in [5.41, 5.74) is 4.79. The third kappa shape index (κ3) is 5.78. The number of hydrogen-bond donors (Lipinski definition) is 1. The highest BCUT2D eigenvalue weighted by atomic mass is 16.5. The van der Waals surface area contributed by atoms with Crippen LogP contribution in [-0.4, -0.2) is 68.4 Å². The Labute approximate surface area is 212 Å². The van der Waals surface area contributed by atoms with Crippen molar-refractivity contribution >= 4 is 17.3 Å². The van der Waals surface area contributed by atoms with E-state index in [-0.39, 0.29) is 0 Å². The molecule has 1 fully saturated rings. The van der Waals surface area contributed by atoms with Crippen molar-refractivity contribution in [1.82, 2.24) is 14.9 Å². The lowest BCUT2D eigenvalue weighted by atomic mass is 10.1. The van der Waals surface area contributed by atoms with E-state index >= 15 is 0 Å². The molecule has 0 aliphatic carbocycles. The van der Waals surface area contributed by atoms with Crippen molar-refractivity contribution in [2.75, 3.05) is 63.8 Å². The van der Waals surface area contributed by atoms with Crippen LogP contribution < -0.4 is 19.7 Å². The van der Waals surface area contributed by atoms with Crippen molar-refractivity contribution in [3.8, 4) is 22.8 Å². The van der Waals surface area contributed by atoms with Crippen LogP contribution in [0.4, 0.5) is 17.3 Å². The molecule has 1 saturated heterocycles. The lowest BCUT2D eigenvalue weighted by molar-refractivity contribution is 0.146. The van der Waals surface area contributed by atoms with E-state index in [1.54, 1.807) is 13.3 Å². The van der Waals surface area contributed by atoms with Gasteiger partial charge >= 0.3 is 0 Å². The maximum absolute atomic E-state index is 6.28. The molecule has 0 spiro atoms. The average Bonchev–Trinajstić information content (AvgIpc) is 2.90. The largest absolute Gasteiger partial charge is 0.496 e. The van der Waals surface area contributed by atoms with E-state index in [2.05, 4.69) is 51.4 Å². The normalized spacial score (nSPS) is 17.8. The van der Waals surface area contributed by atoms with Crippen LogP contribution in [0.1, 0.15) is 12.0 Å². The summed E-state index contributed by atoms with van der Waals surface area (Å²) < 4.78 is 17.7. The summed E-state index contributed by atoms with van der Waals surface area (Å²) in [4.78, 5) is 14.0. The van der Waals surface area contributed by atoms with Gasteiger partial charge in [-0.05, 0) is 49.9 Å². The molecule has 8 nitrogen and oxygen atoms in total. The van der Waals surface area contributed by atoms with Crippen molar-refractivity contribution in [2.24, 2.45) is 0 Å². The summed E-state index contributed by atoms with van der Waals surface area (Å²) in [5.74, 6) is 2.20. The number of likely N-dealkylation sites (N-methyl/N-ethyl adjacent to an activating group) is 1. The minimum Gasteiger partial charge on any atom is -0.496 e. The van der Waals surface area contributed by atoms with Crippen LogP contribution in [0, 0.1) is 0 Å². The van der Waals surface area contributed by atoms with Gasteiger partial charge in [0, 0.05) is 55.3 Å². The molecule has 0 atom stereocenters. The molecule has 36 heavy (non-hydrogen) atoms. The Hall–Kier alpha value is -3.62. The number of rotatable bonds is 2. The fraction of sp³-hybridized carbons (Fsp3) is 0.357. The van der Waals surface area contributed by atoms with Crippen LogP contribution >= 0.6 is 0 Å². The van der Waals surface area contributed by atoms with Gasteiger partial charge in [-0.2, -0.15) is 0 Å². The highest BCUT2D eigenvalue weighted by Gasteiger charge is 2.18. The Morgan fingerprint density at radius 2 is 1.89 bits per heavy atom. The van der Waals surface area contributed by atoms with Crippen LogP contribution in [0.5, 0.6) is 11.5 Å². The number of ether oxygens (including phenoxy) is 3. The van der Waals surface area contributed by atoms with Crippen molar-refractivity contribution < 1.29 is 14.2 Å². The lowest BCUT2D eigenvalue weighted by Crippen LogP contribution is -2.44. The van der Waals surface area contributed by atoms with Gasteiger partial charge in [-0.15, -0.1) is 0 Å². The van der Waals surface area contributed by atoms with E-state index in [4.69, 9.17) is 19.2 Å². The average molecular weight is 488 g/mol. The van der Waals surface area contributed by atoms with Gasteiger partial charge in [-0.3, -0.25) is 0 Å². The molecule has 6 bridgehead atoms. The van der Waals surface area contributed by atoms with Crippen molar-refractivity contribution in [3.05, 3.63) is 66.4 Å². The molecule has 2 aromatic carbocycles. The zero-order valence-electron chi connectivity index (χ0n) is 20.9. The maximum atomic E-state index is 6.28. The predicted molar refractivity (Wildman–Crippen MR) is 142 cm³/mol. The summed E-state index contributed by atoms with van der Waals surface area (Å²) in [7, 11) is 3.84. The van der Waals surface area contributed by atoms with Gasteiger partial charge in [-0.1, -0.05) is 12.2 Å². The van der Waals surface area contributed by atoms with Crippen LogP contribution in [-0.2, 0) is 11.3 Å². The molecule has 3 heterocycles. The molecular weight excluding hydrogens is 454 g/mol. The zero-order chi connectivity index (χ0) is 24.7. The van der Waals surface area contributed by atoms with Gasteiger partial charge in [0.15, 0.2) is 0 Å². The predicted octanol–water partition coefficient (Wildman–Crippen LogP) is 4.50. The Kier molecular flexibility index (Phi) is 7.64. The molecule has 0 radical (unpaired) electrons. The van der Waals surface area contributed by atoms with E-state index in [0.717, 1.165) is 72.3 Å². The summed E-state index contributed by atoms with van der Waals surface area (Å²) in [6, 6.07) is 14.2. The Morgan fingerprint density at radius 1 is 1.00 bits per heavy atom. The summed E-state index contributed by atoms with van der Waals surface area (Å²) in [6.45, 7) is 5.59. The quantitative estimate of drug-likeness (QED) is 0.530. The molecule has 3 aromatic rings. The minimum atomic E-state index is 0.451. The van der Waals surface area contributed by atoms with E-state index in [1.807, 2.05) is 30.3 Å². The molecule has 1 aromatic heterocycles. The second-order valence-electron chi connectivity index (χ2n) is 9.01. The van der Waals surface area contributed by atoms with Crippen molar-refractivity contribution in [1.29, 1.82) is 0 Å². The maximum Gasteiger partial charge on any atom is 0.227 e. The Bertz CT molecular complexity index is 1210. The minimum absolute atomic E-state index is 0.451. The van der Waals surface area contributed by atoms with E-state index in [1.165, 1.54) is 0 Å². The number of aromatic nitrogens is 2. The van der Waals surface area contributed by atoms with Gasteiger partial charge in [0.05, 0.1) is 38.3 Å². The van der Waals surface area contributed by atoms with Crippen LogP contribution in [0.3, 0.4) is 0 Å². The number of piperazine rings is 1. The second-order valence-corrected chi connectivity index (χ2v) is 9.01. The summed E-state index contributed by atoms with van der Waals surface area (Å²) >= 11 is 0. The Balaban J connectivity index is 1.47. The van der Waals surface area contributed by atoms with Gasteiger partial charge in [-0.25, -0.2) is 9.97 Å². The SMILES string of the molecule is COc1ccc2cc1COC/C=C\CCOc1cc(ccc1N1CCN(C)CC1)Nc1nccc-2n1. The van der Waals surface area contributed by atoms with Crippen LogP contribution in [0.15, 0.2) is 60.8 Å². The van der Waals surface area contributed by atoms with Gasteiger partial charge in [0.2, 0.25) is 5.95 Å². The first-order valence-corrected chi connectivity index (χ1v) is 12.4. The van der Waals surface area contributed by atoms with Gasteiger partial charge < -0.3 is 29.3 Å². The number of nitrogens with one attached hydrogen (secondary N) is 1. The monoisotopic (exact) mass is 487 g/mol. The summed E-state index contributed by atoms with van der Waals surface area (Å²) in [5, 5.41) is 3.36. The molecule has 188 valence electrons. The number of hydrogen-bond acceptors (Lipinski definition) is 8. The smallest absolute Gasteiger partial charge is 0.227 e. The number of nitrogens with zero attached hydrogens (tertiary/aromatic N) is 4. The molecule has 5 rings (SSSR count). The van der Waals surface area contributed by atoms with Crippen LogP contribution in [0.25, 0.3) is 11.3 Å². The number of anilines is 3. The Morgan fingerprint density at radius 3 is 2.75 bits per heavy atom. The highest BCUT2D eigenvalue weighted by Crippen LogP contribution is 2.34. The van der Waals surface area contributed by atoms with E-state index in [0.29, 0.717) is 25.8 Å². The molecule has 2 aliphatic rings. The number of fused-ring (bicyclic) bond motifs is 7. The molecular formula is C28H33N5O3. The van der Waals surface area contributed by atoms with Crippen molar-refractivity contribution in [2.45, 2.75) is 13.0 Å². The molecule has 2 aliphatic heterocycles. The lowest BCUT2D eigenvalue weighted by Gasteiger charge is -2.35. The first-order valence-electron chi connectivity index (χ1n) is 12.4. The van der Waals surface area contributed by atoms with Gasteiger partial charge in [0.25, 0.3) is 0 Å². The molecule has 8 heteroatoms. The fourth-order valence-corrected chi connectivity index (χ4v) is 4.44. The standard InChI is InChI=1S/C28H33N5O3/c1-32-12-14-33(15-13-32)25-8-7-23-19-27(25)36-17-5-3-4-16-35-20-22-18-21(6-9-26(22)34-2)24-10-11-29-28(30-23)31-24/h3-4,6-11,18-19H,5,12-17,20H2,1-2H3,(H,29,30,31)/b4-3-. The molecule has 0 unspecified atom stereocenters. The second kappa shape index (κ2) is 11.4. The fourth-order valence-electron chi connectivity index (χ4n) is 4.44. The summed E-state index contributed by atoms with van der Waals surface area (Å²) in [6.07, 6.45) is 6.71. The molecule has 0 amide bonds. The van der Waals surface area contributed by atoms with Gasteiger partial charge in [0.1, 0.15) is 11.5 Å². The van der Waals surface area contributed by atoms with Crippen LogP contribution in [0.2, 0.25) is 0 Å². The van der Waals surface area contributed by atoms with E-state index < -0.39 is 0 Å². The molecule has 0 saturated carbocycles. The van der Waals surface area contributed by atoms with E-state index in [9.17, 15) is 0 Å². The first-order chi connectivity index (χ1) is 17.7. The highest BCUT2D eigenvalue weighted by molar-refractivity contribution is 5.69.